The maximum atomic E-state index is 12.4. The van der Waals surface area contributed by atoms with Crippen molar-refractivity contribution in [2.75, 3.05) is 32.7 Å². The van der Waals surface area contributed by atoms with Crippen molar-refractivity contribution in [1.29, 1.82) is 0 Å². The van der Waals surface area contributed by atoms with Crippen LogP contribution in [0.2, 0.25) is 0 Å². The number of amides is 3. The number of unbranched alkanes of at least 4 members (excludes halogenated alkanes) is 2. The molecule has 0 spiro atoms. The van der Waals surface area contributed by atoms with Gasteiger partial charge >= 0.3 is 6.03 Å². The Labute approximate surface area is 148 Å². The summed E-state index contributed by atoms with van der Waals surface area (Å²) in [5.41, 5.74) is 0.845. The third-order valence-corrected chi connectivity index (χ3v) is 5.01. The van der Waals surface area contributed by atoms with Crippen molar-refractivity contribution < 1.29 is 9.59 Å². The molecule has 0 saturated carbocycles. The fraction of sp³-hybridized carbons (Fsp3) is 0.706. The summed E-state index contributed by atoms with van der Waals surface area (Å²) < 4.78 is 0. The zero-order valence-electron chi connectivity index (χ0n) is 14.7. The predicted octanol–water partition coefficient (Wildman–Crippen LogP) is 2.43. The van der Waals surface area contributed by atoms with Crippen molar-refractivity contribution >= 4 is 23.3 Å². The van der Waals surface area contributed by atoms with Crippen molar-refractivity contribution in [3.63, 3.8) is 0 Å². The number of nitrogens with one attached hydrogen (secondary N) is 1. The number of aromatic nitrogens is 1. The van der Waals surface area contributed by atoms with E-state index < -0.39 is 0 Å². The molecule has 2 heterocycles. The average Bonchev–Trinajstić information content (AvgIpc) is 2.83. The molecular formula is C17H28N4O2S. The number of nitrogens with zero attached hydrogens (tertiary/aromatic N) is 3. The minimum Gasteiger partial charge on any atom is -0.341 e. The molecule has 1 aromatic heterocycles. The second-order valence-electron chi connectivity index (χ2n) is 6.20. The zero-order valence-corrected chi connectivity index (χ0v) is 15.5. The summed E-state index contributed by atoms with van der Waals surface area (Å²) in [6.45, 7) is 7.44. The van der Waals surface area contributed by atoms with Gasteiger partial charge in [0.15, 0.2) is 0 Å². The molecule has 134 valence electrons. The van der Waals surface area contributed by atoms with Crippen LogP contribution in [0.25, 0.3) is 0 Å². The minimum atomic E-state index is -0.00414. The first-order chi connectivity index (χ1) is 11.6. The molecule has 0 bridgehead atoms. The molecule has 0 radical (unpaired) electrons. The van der Waals surface area contributed by atoms with Gasteiger partial charge in [-0.25, -0.2) is 9.78 Å². The fourth-order valence-corrected chi connectivity index (χ4v) is 3.42. The minimum absolute atomic E-state index is 0.00414. The number of rotatable bonds is 6. The quantitative estimate of drug-likeness (QED) is 0.800. The van der Waals surface area contributed by atoms with E-state index in [-0.39, 0.29) is 11.9 Å². The van der Waals surface area contributed by atoms with Crippen molar-refractivity contribution in [3.8, 4) is 0 Å². The molecule has 3 amide bonds. The van der Waals surface area contributed by atoms with Crippen LogP contribution in [0, 0.1) is 6.92 Å². The Morgan fingerprint density at radius 3 is 2.67 bits per heavy atom. The van der Waals surface area contributed by atoms with Gasteiger partial charge in [-0.3, -0.25) is 4.79 Å². The van der Waals surface area contributed by atoms with E-state index in [2.05, 4.69) is 17.2 Å². The lowest BCUT2D eigenvalue weighted by atomic mass is 10.2. The Hall–Kier alpha value is -1.63. The molecule has 6 nitrogen and oxygen atoms in total. The fourth-order valence-electron chi connectivity index (χ4n) is 2.81. The molecule has 2 rings (SSSR count). The molecule has 0 atom stereocenters. The van der Waals surface area contributed by atoms with Gasteiger partial charge in [0.25, 0.3) is 0 Å². The predicted molar refractivity (Wildman–Crippen MR) is 96.2 cm³/mol. The number of hydrogen-bond acceptors (Lipinski definition) is 4. The van der Waals surface area contributed by atoms with E-state index >= 15 is 0 Å². The first kappa shape index (κ1) is 18.7. The molecular weight excluding hydrogens is 324 g/mol. The normalized spacial score (nSPS) is 15.2. The van der Waals surface area contributed by atoms with Crippen LogP contribution in [0.3, 0.4) is 0 Å². The number of carbonyl (C=O) groups is 2. The lowest BCUT2D eigenvalue weighted by Gasteiger charge is -2.22. The molecule has 24 heavy (non-hydrogen) atoms. The third-order valence-electron chi connectivity index (χ3n) is 4.19. The van der Waals surface area contributed by atoms with Crippen LogP contribution in [0.15, 0.2) is 5.38 Å². The Morgan fingerprint density at radius 1 is 1.21 bits per heavy atom. The number of thiazole rings is 1. The van der Waals surface area contributed by atoms with Crippen LogP contribution in [0.1, 0.15) is 43.3 Å². The maximum Gasteiger partial charge on any atom is 0.317 e. The molecule has 1 aliphatic rings. The highest BCUT2D eigenvalue weighted by Gasteiger charge is 2.22. The van der Waals surface area contributed by atoms with E-state index in [4.69, 9.17) is 0 Å². The zero-order chi connectivity index (χ0) is 17.4. The number of hydrogen-bond donors (Lipinski definition) is 1. The summed E-state index contributed by atoms with van der Waals surface area (Å²) in [4.78, 5) is 32.7. The van der Waals surface area contributed by atoms with E-state index in [0.29, 0.717) is 32.6 Å². The van der Waals surface area contributed by atoms with Crippen LogP contribution in [-0.4, -0.2) is 59.4 Å². The van der Waals surface area contributed by atoms with E-state index in [1.54, 1.807) is 11.3 Å². The van der Waals surface area contributed by atoms with Gasteiger partial charge in [0.2, 0.25) is 5.91 Å². The summed E-state index contributed by atoms with van der Waals surface area (Å²) in [5.74, 6) is 0.102. The summed E-state index contributed by atoms with van der Waals surface area (Å²) in [6.07, 6.45) is 4.49. The molecule has 1 saturated heterocycles. The number of aryl methyl sites for hydroxylation is 1. The third kappa shape index (κ3) is 5.78. The Balaban J connectivity index is 1.77. The van der Waals surface area contributed by atoms with Crippen LogP contribution in [0.4, 0.5) is 4.79 Å². The first-order valence-electron chi connectivity index (χ1n) is 8.81. The van der Waals surface area contributed by atoms with E-state index in [1.807, 2.05) is 22.1 Å². The van der Waals surface area contributed by atoms with Gasteiger partial charge in [0, 0.05) is 38.1 Å². The van der Waals surface area contributed by atoms with Crippen LogP contribution in [-0.2, 0) is 11.2 Å². The molecule has 1 fully saturated rings. The number of carbonyl (C=O) groups excluding carboxylic acids is 2. The van der Waals surface area contributed by atoms with Gasteiger partial charge in [0.1, 0.15) is 0 Å². The van der Waals surface area contributed by atoms with E-state index in [0.717, 1.165) is 42.9 Å². The Morgan fingerprint density at radius 2 is 1.96 bits per heavy atom. The molecule has 0 aliphatic carbocycles. The Kier molecular flexibility index (Phi) is 7.49. The molecule has 0 unspecified atom stereocenters. The monoisotopic (exact) mass is 352 g/mol. The first-order valence-corrected chi connectivity index (χ1v) is 9.69. The SMILES string of the molecule is CCCCCNC(=O)N1CCCN(C(=O)Cc2csc(C)n2)CC1. The maximum absolute atomic E-state index is 12.4. The molecule has 1 aromatic rings. The number of urea groups is 1. The smallest absolute Gasteiger partial charge is 0.317 e. The lowest BCUT2D eigenvalue weighted by molar-refractivity contribution is -0.130. The van der Waals surface area contributed by atoms with Crippen molar-refractivity contribution in [2.45, 2.75) is 46.0 Å². The van der Waals surface area contributed by atoms with Gasteiger partial charge in [-0.2, -0.15) is 0 Å². The summed E-state index contributed by atoms with van der Waals surface area (Å²) in [6, 6.07) is -0.00414. The largest absolute Gasteiger partial charge is 0.341 e. The van der Waals surface area contributed by atoms with Crippen molar-refractivity contribution in [1.82, 2.24) is 20.1 Å². The van der Waals surface area contributed by atoms with Crippen LogP contribution < -0.4 is 5.32 Å². The van der Waals surface area contributed by atoms with Gasteiger partial charge in [0.05, 0.1) is 17.1 Å². The second-order valence-corrected chi connectivity index (χ2v) is 7.26. The van der Waals surface area contributed by atoms with Crippen molar-refractivity contribution in [3.05, 3.63) is 16.1 Å². The van der Waals surface area contributed by atoms with Gasteiger partial charge in [-0.05, 0) is 19.8 Å². The summed E-state index contributed by atoms with van der Waals surface area (Å²) in [7, 11) is 0. The van der Waals surface area contributed by atoms with E-state index in [1.165, 1.54) is 0 Å². The molecule has 7 heteroatoms. The lowest BCUT2D eigenvalue weighted by Crippen LogP contribution is -2.43. The van der Waals surface area contributed by atoms with E-state index in [9.17, 15) is 9.59 Å². The van der Waals surface area contributed by atoms with Crippen LogP contribution >= 0.6 is 11.3 Å². The second kappa shape index (κ2) is 9.61. The average molecular weight is 353 g/mol. The highest BCUT2D eigenvalue weighted by Crippen LogP contribution is 2.11. The summed E-state index contributed by atoms with van der Waals surface area (Å²) in [5, 5.41) is 5.91. The highest BCUT2D eigenvalue weighted by atomic mass is 32.1. The van der Waals surface area contributed by atoms with Crippen molar-refractivity contribution in [2.24, 2.45) is 0 Å². The van der Waals surface area contributed by atoms with Gasteiger partial charge in [-0.15, -0.1) is 11.3 Å². The van der Waals surface area contributed by atoms with Crippen LogP contribution in [0.5, 0.6) is 0 Å². The van der Waals surface area contributed by atoms with Gasteiger partial charge in [-0.1, -0.05) is 19.8 Å². The molecule has 1 N–H and O–H groups in total. The topological polar surface area (TPSA) is 65.5 Å². The highest BCUT2D eigenvalue weighted by molar-refractivity contribution is 7.09. The standard InChI is InChI=1S/C17H28N4O2S/c1-3-4-5-7-18-17(23)21-9-6-8-20(10-11-21)16(22)12-15-13-24-14(2)19-15/h13H,3-12H2,1-2H3,(H,18,23). The van der Waals surface area contributed by atoms with Gasteiger partial charge < -0.3 is 15.1 Å². The molecule has 1 aliphatic heterocycles. The summed E-state index contributed by atoms with van der Waals surface area (Å²) >= 11 is 1.57. The Bertz CT molecular complexity index is 546. The molecule has 0 aromatic carbocycles.